The third kappa shape index (κ3) is 2.79. The first kappa shape index (κ1) is 12.8. The lowest BCUT2D eigenvalue weighted by Gasteiger charge is -2.05. The third-order valence-corrected chi connectivity index (χ3v) is 3.19. The first-order valence-corrected chi connectivity index (χ1v) is 6.39. The molecular weight excluding hydrogens is 226 g/mol. The van der Waals surface area contributed by atoms with Gasteiger partial charge < -0.3 is 9.30 Å². The third-order valence-electron chi connectivity index (χ3n) is 3.19. The van der Waals surface area contributed by atoms with Gasteiger partial charge in [-0.1, -0.05) is 18.2 Å². The summed E-state index contributed by atoms with van der Waals surface area (Å²) in [5, 5.41) is 1.05. The lowest BCUT2D eigenvalue weighted by Crippen LogP contribution is -1.97. The molecule has 1 aromatic carbocycles. The summed E-state index contributed by atoms with van der Waals surface area (Å²) in [7, 11) is 1.73. The van der Waals surface area contributed by atoms with Crippen molar-refractivity contribution in [2.45, 2.75) is 25.8 Å². The highest BCUT2D eigenvalue weighted by atomic mass is 16.5. The summed E-state index contributed by atoms with van der Waals surface area (Å²) in [6.45, 7) is 1.78. The Kier molecular flexibility index (Phi) is 4.53. The van der Waals surface area contributed by atoms with E-state index in [1.54, 1.807) is 7.11 Å². The maximum atomic E-state index is 11.0. The molecule has 0 unspecified atom stereocenters. The SMILES string of the molecule is COCCCCCn1cc(C=O)c2ccccc21. The van der Waals surface area contributed by atoms with Crippen LogP contribution in [0.15, 0.2) is 30.5 Å². The fourth-order valence-electron chi connectivity index (χ4n) is 2.26. The van der Waals surface area contributed by atoms with Gasteiger partial charge in [-0.2, -0.15) is 0 Å². The second-order valence-corrected chi connectivity index (χ2v) is 4.47. The molecule has 0 radical (unpaired) electrons. The zero-order valence-electron chi connectivity index (χ0n) is 10.8. The fraction of sp³-hybridized carbons (Fsp3) is 0.400. The monoisotopic (exact) mass is 245 g/mol. The van der Waals surface area contributed by atoms with Gasteiger partial charge in [0, 0.05) is 42.9 Å². The Morgan fingerprint density at radius 2 is 2.06 bits per heavy atom. The van der Waals surface area contributed by atoms with Crippen molar-refractivity contribution in [3.8, 4) is 0 Å². The molecule has 18 heavy (non-hydrogen) atoms. The van der Waals surface area contributed by atoms with E-state index in [1.807, 2.05) is 24.4 Å². The molecule has 1 aromatic heterocycles. The Morgan fingerprint density at radius 1 is 1.22 bits per heavy atom. The number of aryl methyl sites for hydroxylation is 1. The van der Waals surface area contributed by atoms with Crippen molar-refractivity contribution in [2.75, 3.05) is 13.7 Å². The summed E-state index contributed by atoms with van der Waals surface area (Å²) in [5.41, 5.74) is 1.92. The van der Waals surface area contributed by atoms with Crippen LogP contribution in [0.1, 0.15) is 29.6 Å². The van der Waals surface area contributed by atoms with Crippen LogP contribution >= 0.6 is 0 Å². The average molecular weight is 245 g/mol. The van der Waals surface area contributed by atoms with Crippen LogP contribution in [0.25, 0.3) is 10.9 Å². The molecule has 2 aromatic rings. The summed E-state index contributed by atoms with van der Waals surface area (Å²) < 4.78 is 7.21. The Hall–Kier alpha value is -1.61. The van der Waals surface area contributed by atoms with Crippen LogP contribution in [0.5, 0.6) is 0 Å². The Morgan fingerprint density at radius 3 is 2.83 bits per heavy atom. The molecule has 3 heteroatoms. The van der Waals surface area contributed by atoms with Crippen LogP contribution in [0.4, 0.5) is 0 Å². The van der Waals surface area contributed by atoms with Crippen molar-refractivity contribution >= 4 is 17.2 Å². The number of methoxy groups -OCH3 is 1. The van der Waals surface area contributed by atoms with E-state index in [4.69, 9.17) is 4.74 Å². The number of nitrogens with zero attached hydrogens (tertiary/aromatic N) is 1. The standard InChI is InChI=1S/C15H19NO2/c1-18-10-6-2-5-9-16-11-13(12-17)14-7-3-4-8-15(14)16/h3-4,7-8,11-12H,2,5-6,9-10H2,1H3. The van der Waals surface area contributed by atoms with Crippen molar-refractivity contribution in [3.05, 3.63) is 36.0 Å². The summed E-state index contributed by atoms with van der Waals surface area (Å²) in [6, 6.07) is 8.05. The van der Waals surface area contributed by atoms with Crippen LogP contribution in [-0.2, 0) is 11.3 Å². The van der Waals surface area contributed by atoms with Crippen LogP contribution in [0.2, 0.25) is 0 Å². The highest BCUT2D eigenvalue weighted by Gasteiger charge is 2.06. The number of hydrogen-bond acceptors (Lipinski definition) is 2. The molecule has 0 N–H and O–H groups in total. The number of para-hydroxylation sites is 1. The minimum Gasteiger partial charge on any atom is -0.385 e. The van der Waals surface area contributed by atoms with Gasteiger partial charge in [0.05, 0.1) is 0 Å². The summed E-state index contributed by atoms with van der Waals surface area (Å²) >= 11 is 0. The molecule has 2 rings (SSSR count). The number of hydrogen-bond donors (Lipinski definition) is 0. The molecule has 0 bridgehead atoms. The van der Waals surface area contributed by atoms with Gasteiger partial charge in [-0.3, -0.25) is 4.79 Å². The van der Waals surface area contributed by atoms with Crippen LogP contribution < -0.4 is 0 Å². The number of benzene rings is 1. The average Bonchev–Trinajstić information content (AvgIpc) is 2.77. The molecule has 0 aliphatic carbocycles. The molecule has 0 fully saturated rings. The summed E-state index contributed by atoms with van der Waals surface area (Å²) in [5.74, 6) is 0. The molecule has 0 aliphatic heterocycles. The molecule has 0 saturated carbocycles. The molecule has 0 saturated heterocycles. The number of carbonyl (C=O) groups excluding carboxylic acids is 1. The number of unbranched alkanes of at least 4 members (excludes halogenated alkanes) is 2. The second kappa shape index (κ2) is 6.36. The maximum absolute atomic E-state index is 11.0. The smallest absolute Gasteiger partial charge is 0.152 e. The largest absolute Gasteiger partial charge is 0.385 e. The zero-order valence-corrected chi connectivity index (χ0v) is 10.8. The molecular formula is C15H19NO2. The number of aromatic nitrogens is 1. The Bertz CT molecular complexity index is 516. The van der Waals surface area contributed by atoms with Gasteiger partial charge >= 0.3 is 0 Å². The number of fused-ring (bicyclic) bond motifs is 1. The minimum absolute atomic E-state index is 0.780. The van der Waals surface area contributed by atoms with Gasteiger partial charge in [-0.05, 0) is 25.3 Å². The van der Waals surface area contributed by atoms with Gasteiger partial charge in [0.25, 0.3) is 0 Å². The predicted octanol–water partition coefficient (Wildman–Crippen LogP) is 3.27. The molecule has 0 atom stereocenters. The first-order chi connectivity index (χ1) is 8.86. The second-order valence-electron chi connectivity index (χ2n) is 4.47. The molecule has 0 amide bonds. The van der Waals surface area contributed by atoms with Crippen molar-refractivity contribution in [1.29, 1.82) is 0 Å². The van der Waals surface area contributed by atoms with E-state index in [-0.39, 0.29) is 0 Å². The topological polar surface area (TPSA) is 31.2 Å². The normalized spacial score (nSPS) is 10.9. The highest BCUT2D eigenvalue weighted by Crippen LogP contribution is 2.20. The van der Waals surface area contributed by atoms with E-state index in [0.717, 1.165) is 55.2 Å². The highest BCUT2D eigenvalue weighted by molar-refractivity contribution is 5.97. The fourth-order valence-corrected chi connectivity index (χ4v) is 2.26. The molecule has 0 spiro atoms. The van der Waals surface area contributed by atoms with E-state index in [0.29, 0.717) is 0 Å². The molecule has 0 aliphatic rings. The Labute approximate surface area is 107 Å². The van der Waals surface area contributed by atoms with Crippen molar-refractivity contribution in [1.82, 2.24) is 4.57 Å². The maximum Gasteiger partial charge on any atom is 0.152 e. The lowest BCUT2D eigenvalue weighted by atomic mass is 10.2. The van der Waals surface area contributed by atoms with Gasteiger partial charge in [-0.25, -0.2) is 0 Å². The lowest BCUT2D eigenvalue weighted by molar-refractivity contribution is 0.112. The summed E-state index contributed by atoms with van der Waals surface area (Å²) in [6.07, 6.45) is 6.24. The van der Waals surface area contributed by atoms with E-state index >= 15 is 0 Å². The van der Waals surface area contributed by atoms with E-state index < -0.39 is 0 Å². The van der Waals surface area contributed by atoms with Crippen molar-refractivity contribution in [3.63, 3.8) is 0 Å². The first-order valence-electron chi connectivity index (χ1n) is 6.39. The molecule has 1 heterocycles. The number of rotatable bonds is 7. The van der Waals surface area contributed by atoms with Crippen molar-refractivity contribution < 1.29 is 9.53 Å². The van der Waals surface area contributed by atoms with E-state index in [9.17, 15) is 4.79 Å². The van der Waals surface area contributed by atoms with E-state index in [2.05, 4.69) is 10.6 Å². The predicted molar refractivity (Wildman–Crippen MR) is 73.1 cm³/mol. The number of ether oxygens (including phenoxy) is 1. The Balaban J connectivity index is 2.06. The quantitative estimate of drug-likeness (QED) is 0.553. The van der Waals surface area contributed by atoms with Gasteiger partial charge in [0.2, 0.25) is 0 Å². The van der Waals surface area contributed by atoms with Gasteiger partial charge in [0.15, 0.2) is 6.29 Å². The zero-order chi connectivity index (χ0) is 12.8. The van der Waals surface area contributed by atoms with Gasteiger partial charge in [-0.15, -0.1) is 0 Å². The van der Waals surface area contributed by atoms with Gasteiger partial charge in [0.1, 0.15) is 0 Å². The molecule has 96 valence electrons. The number of carbonyl (C=O) groups is 1. The minimum atomic E-state index is 0.780. The summed E-state index contributed by atoms with van der Waals surface area (Å²) in [4.78, 5) is 11.0. The van der Waals surface area contributed by atoms with Crippen LogP contribution in [0, 0.1) is 0 Å². The van der Waals surface area contributed by atoms with E-state index in [1.165, 1.54) is 0 Å². The molecule has 3 nitrogen and oxygen atoms in total. The van der Waals surface area contributed by atoms with Crippen LogP contribution in [0.3, 0.4) is 0 Å². The van der Waals surface area contributed by atoms with Crippen LogP contribution in [-0.4, -0.2) is 24.6 Å². The van der Waals surface area contributed by atoms with Crippen molar-refractivity contribution in [2.24, 2.45) is 0 Å². The number of aldehydes is 1.